The van der Waals surface area contributed by atoms with Gasteiger partial charge in [0.1, 0.15) is 5.75 Å². The predicted octanol–water partition coefficient (Wildman–Crippen LogP) is 0.824. The van der Waals surface area contributed by atoms with Crippen LogP contribution in [0.25, 0.3) is 0 Å². The zero-order valence-corrected chi connectivity index (χ0v) is 10.8. The lowest BCUT2D eigenvalue weighted by molar-refractivity contribution is -0.133. The van der Waals surface area contributed by atoms with Crippen molar-refractivity contribution in [3.8, 4) is 0 Å². The molecule has 0 saturated heterocycles. The maximum atomic E-state index is 11.4. The second-order valence-electron chi connectivity index (χ2n) is 3.09. The molecular weight excluding hydrogens is 284 g/mol. The fourth-order valence-electron chi connectivity index (χ4n) is 1.18. The monoisotopic (exact) mass is 294 g/mol. The third kappa shape index (κ3) is 3.13. The molecule has 0 amide bonds. The van der Waals surface area contributed by atoms with Crippen LogP contribution in [-0.4, -0.2) is 30.8 Å². The maximum absolute atomic E-state index is 11.4. The van der Waals surface area contributed by atoms with Gasteiger partial charge in [0.2, 0.25) is 0 Å². The number of hydrogen-bond donors (Lipinski definition) is 1. The SMILES string of the molecule is Cc1nn(C)c(CS(=O)CC(=O)O)c1Br. The number of rotatable bonds is 4. The molecule has 0 aliphatic rings. The highest BCUT2D eigenvalue weighted by molar-refractivity contribution is 9.10. The van der Waals surface area contributed by atoms with E-state index < -0.39 is 16.8 Å². The molecule has 1 aromatic rings. The molecule has 0 bridgehead atoms. The summed E-state index contributed by atoms with van der Waals surface area (Å²) in [5.74, 6) is -1.19. The third-order valence-electron chi connectivity index (χ3n) is 1.84. The summed E-state index contributed by atoms with van der Waals surface area (Å²) in [6.45, 7) is 1.83. The number of nitrogens with zero attached hydrogens (tertiary/aromatic N) is 2. The van der Waals surface area contributed by atoms with Crippen molar-refractivity contribution >= 4 is 32.7 Å². The molecule has 84 valence electrons. The largest absolute Gasteiger partial charge is 0.481 e. The Kier molecular flexibility index (Phi) is 4.04. The lowest BCUT2D eigenvalue weighted by Gasteiger charge is -2.01. The number of aliphatic carboxylic acids is 1. The number of aromatic nitrogens is 2. The van der Waals surface area contributed by atoms with Crippen LogP contribution in [0.3, 0.4) is 0 Å². The second-order valence-corrected chi connectivity index (χ2v) is 5.34. The van der Waals surface area contributed by atoms with Crippen molar-refractivity contribution < 1.29 is 14.1 Å². The Bertz CT molecular complexity index is 416. The van der Waals surface area contributed by atoms with Gasteiger partial charge in [-0.05, 0) is 22.9 Å². The van der Waals surface area contributed by atoms with Crippen molar-refractivity contribution in [2.24, 2.45) is 7.05 Å². The first kappa shape index (κ1) is 12.4. The Hall–Kier alpha value is -0.690. The van der Waals surface area contributed by atoms with Gasteiger partial charge in [-0.25, -0.2) is 0 Å². The van der Waals surface area contributed by atoms with Gasteiger partial charge in [0.15, 0.2) is 0 Å². The Morgan fingerprint density at radius 3 is 2.67 bits per heavy atom. The van der Waals surface area contributed by atoms with E-state index in [4.69, 9.17) is 5.11 Å². The molecule has 7 heteroatoms. The van der Waals surface area contributed by atoms with Gasteiger partial charge in [-0.15, -0.1) is 0 Å². The second kappa shape index (κ2) is 4.89. The van der Waals surface area contributed by atoms with E-state index in [0.29, 0.717) is 0 Å². The zero-order valence-electron chi connectivity index (χ0n) is 8.36. The molecule has 1 unspecified atom stereocenters. The lowest BCUT2D eigenvalue weighted by atomic mass is 10.4. The topological polar surface area (TPSA) is 72.2 Å². The number of carboxylic acid groups (broad SMARTS) is 1. The number of aryl methyl sites for hydroxylation is 2. The van der Waals surface area contributed by atoms with Gasteiger partial charge in [0, 0.05) is 17.8 Å². The smallest absolute Gasteiger partial charge is 0.316 e. The number of halogens is 1. The molecule has 1 N–H and O–H groups in total. The Morgan fingerprint density at radius 1 is 1.67 bits per heavy atom. The van der Waals surface area contributed by atoms with E-state index in [-0.39, 0.29) is 11.5 Å². The van der Waals surface area contributed by atoms with Gasteiger partial charge in [0.05, 0.1) is 21.6 Å². The summed E-state index contributed by atoms with van der Waals surface area (Å²) in [4.78, 5) is 10.3. The van der Waals surface area contributed by atoms with Crippen LogP contribution < -0.4 is 0 Å². The minimum absolute atomic E-state index is 0.199. The normalized spacial score (nSPS) is 12.7. The summed E-state index contributed by atoms with van der Waals surface area (Å²) in [6.07, 6.45) is 0. The maximum Gasteiger partial charge on any atom is 0.316 e. The average molecular weight is 295 g/mol. The molecule has 0 fully saturated rings. The molecule has 5 nitrogen and oxygen atoms in total. The Morgan fingerprint density at radius 2 is 2.27 bits per heavy atom. The predicted molar refractivity (Wildman–Crippen MR) is 60.0 cm³/mol. The van der Waals surface area contributed by atoms with E-state index in [9.17, 15) is 9.00 Å². The number of hydrogen-bond acceptors (Lipinski definition) is 3. The Labute approximate surface area is 98.1 Å². The molecule has 0 aliphatic heterocycles. The van der Waals surface area contributed by atoms with Crippen molar-refractivity contribution in [3.05, 3.63) is 15.9 Å². The van der Waals surface area contributed by atoms with Crippen LogP contribution in [0.15, 0.2) is 4.47 Å². The molecule has 0 saturated carbocycles. The van der Waals surface area contributed by atoms with Gasteiger partial charge in [0.25, 0.3) is 0 Å². The van der Waals surface area contributed by atoms with Gasteiger partial charge in [-0.3, -0.25) is 13.7 Å². The van der Waals surface area contributed by atoms with Crippen LogP contribution in [0.4, 0.5) is 0 Å². The molecule has 15 heavy (non-hydrogen) atoms. The molecule has 1 rings (SSSR count). The van der Waals surface area contributed by atoms with Crippen LogP contribution in [0.5, 0.6) is 0 Å². The molecule has 0 aromatic carbocycles. The summed E-state index contributed by atoms with van der Waals surface area (Å²) in [5.41, 5.74) is 1.56. The van der Waals surface area contributed by atoms with Gasteiger partial charge >= 0.3 is 5.97 Å². The van der Waals surface area contributed by atoms with E-state index in [1.54, 1.807) is 11.7 Å². The molecule has 1 atom stereocenters. The van der Waals surface area contributed by atoms with Gasteiger partial charge < -0.3 is 5.11 Å². The van der Waals surface area contributed by atoms with Crippen LogP contribution in [0, 0.1) is 6.92 Å². The molecular formula is C8H11BrN2O3S. The van der Waals surface area contributed by atoms with E-state index in [1.165, 1.54) is 0 Å². The summed E-state index contributed by atoms with van der Waals surface area (Å²) >= 11 is 3.33. The summed E-state index contributed by atoms with van der Waals surface area (Å²) in [7, 11) is 0.342. The average Bonchev–Trinajstić information content (AvgIpc) is 2.31. The highest BCUT2D eigenvalue weighted by Crippen LogP contribution is 2.21. The summed E-state index contributed by atoms with van der Waals surface area (Å²) in [6, 6.07) is 0. The van der Waals surface area contributed by atoms with Crippen LogP contribution in [-0.2, 0) is 28.4 Å². The molecule has 0 spiro atoms. The quantitative estimate of drug-likeness (QED) is 0.893. The standard InChI is InChI=1S/C8H11BrN2O3S/c1-5-8(9)6(11(2)10-5)3-15(14)4-7(12)13/h3-4H2,1-2H3,(H,12,13). The number of carboxylic acids is 1. The molecule has 1 aromatic heterocycles. The van der Waals surface area contributed by atoms with Crippen molar-refractivity contribution in [2.45, 2.75) is 12.7 Å². The summed E-state index contributed by atoms with van der Waals surface area (Å²) < 4.78 is 13.8. The van der Waals surface area contributed by atoms with Crippen molar-refractivity contribution in [2.75, 3.05) is 5.75 Å². The highest BCUT2D eigenvalue weighted by atomic mass is 79.9. The van der Waals surface area contributed by atoms with Crippen molar-refractivity contribution in [1.29, 1.82) is 0 Å². The first-order valence-electron chi connectivity index (χ1n) is 4.16. The first-order valence-corrected chi connectivity index (χ1v) is 6.44. The summed E-state index contributed by atoms with van der Waals surface area (Å²) in [5, 5.41) is 12.6. The number of carbonyl (C=O) groups is 1. The van der Waals surface area contributed by atoms with E-state index in [0.717, 1.165) is 15.9 Å². The van der Waals surface area contributed by atoms with Crippen LogP contribution in [0.2, 0.25) is 0 Å². The molecule has 1 heterocycles. The van der Waals surface area contributed by atoms with Crippen molar-refractivity contribution in [3.63, 3.8) is 0 Å². The zero-order chi connectivity index (χ0) is 11.6. The van der Waals surface area contributed by atoms with Gasteiger partial charge in [-0.2, -0.15) is 5.10 Å². The molecule has 0 aliphatic carbocycles. The van der Waals surface area contributed by atoms with Crippen molar-refractivity contribution in [1.82, 2.24) is 9.78 Å². The minimum atomic E-state index is -1.40. The van der Waals surface area contributed by atoms with E-state index in [2.05, 4.69) is 21.0 Å². The Balaban J connectivity index is 2.80. The van der Waals surface area contributed by atoms with Crippen LogP contribution in [0.1, 0.15) is 11.4 Å². The molecule has 0 radical (unpaired) electrons. The fourth-order valence-corrected chi connectivity index (χ4v) is 2.85. The van der Waals surface area contributed by atoms with Gasteiger partial charge in [-0.1, -0.05) is 0 Å². The third-order valence-corrected chi connectivity index (χ3v) is 4.04. The van der Waals surface area contributed by atoms with Crippen LogP contribution >= 0.6 is 15.9 Å². The first-order chi connectivity index (χ1) is 6.91. The van der Waals surface area contributed by atoms with E-state index >= 15 is 0 Å². The minimum Gasteiger partial charge on any atom is -0.481 e. The fraction of sp³-hybridized carbons (Fsp3) is 0.500. The highest BCUT2D eigenvalue weighted by Gasteiger charge is 2.15. The lowest BCUT2D eigenvalue weighted by Crippen LogP contribution is -2.12. The van der Waals surface area contributed by atoms with E-state index in [1.807, 2.05) is 6.92 Å².